The second-order valence-electron chi connectivity index (χ2n) is 2.65. The maximum absolute atomic E-state index is 11.1. The zero-order chi connectivity index (χ0) is 8.27. The van der Waals surface area contributed by atoms with Gasteiger partial charge in [-0.3, -0.25) is 9.69 Å². The molecule has 0 radical (unpaired) electrons. The molecule has 1 aliphatic heterocycles. The zero-order valence-electron chi connectivity index (χ0n) is 6.50. The Morgan fingerprint density at radius 3 is 3.18 bits per heavy atom. The van der Waals surface area contributed by atoms with Gasteiger partial charge in [0, 0.05) is 13.1 Å². The highest BCUT2D eigenvalue weighted by Gasteiger charge is 2.25. The zero-order valence-corrected chi connectivity index (χ0v) is 6.50. The first-order chi connectivity index (χ1) is 5.25. The molecular weight excluding hydrogens is 142 g/mol. The van der Waals surface area contributed by atoms with Crippen molar-refractivity contribution in [2.75, 3.05) is 20.1 Å². The molecule has 0 saturated carbocycles. The predicted octanol–water partition coefficient (Wildman–Crippen LogP) is -0.670. The lowest BCUT2D eigenvalue weighted by Gasteiger charge is -2.29. The van der Waals surface area contributed by atoms with Crippen LogP contribution < -0.4 is 5.32 Å². The molecule has 0 aliphatic carbocycles. The van der Waals surface area contributed by atoms with E-state index in [1.807, 2.05) is 18.0 Å². The third kappa shape index (κ3) is 1.69. The molecule has 0 spiro atoms. The minimum atomic E-state index is -0.242. The van der Waals surface area contributed by atoms with Crippen LogP contribution >= 0.6 is 0 Å². The average molecular weight is 153 g/mol. The number of hydrogen-bond acceptors (Lipinski definition) is 3. The highest BCUT2D eigenvalue weighted by molar-refractivity contribution is 5.82. The van der Waals surface area contributed by atoms with Crippen molar-refractivity contribution in [3.8, 4) is 6.07 Å². The number of rotatable bonds is 1. The molecule has 60 valence electrons. The highest BCUT2D eigenvalue weighted by atomic mass is 16.2. The summed E-state index contributed by atoms with van der Waals surface area (Å²) in [6, 6.07) is 1.75. The van der Waals surface area contributed by atoms with E-state index in [2.05, 4.69) is 5.32 Å². The summed E-state index contributed by atoms with van der Waals surface area (Å²) in [5, 5.41) is 11.1. The molecule has 0 bridgehead atoms. The fourth-order valence-electron chi connectivity index (χ4n) is 1.16. The van der Waals surface area contributed by atoms with Gasteiger partial charge in [-0.25, -0.2) is 0 Å². The number of nitrogens with one attached hydrogen (secondary N) is 1. The fourth-order valence-corrected chi connectivity index (χ4v) is 1.16. The first kappa shape index (κ1) is 8.02. The molecule has 0 aromatic carbocycles. The molecule has 1 rings (SSSR count). The van der Waals surface area contributed by atoms with Crippen LogP contribution in [0.15, 0.2) is 0 Å². The van der Waals surface area contributed by atoms with E-state index in [9.17, 15) is 4.79 Å². The molecule has 0 aromatic rings. The minimum absolute atomic E-state index is 0.0275. The monoisotopic (exact) mass is 153 g/mol. The molecule has 1 fully saturated rings. The van der Waals surface area contributed by atoms with Gasteiger partial charge < -0.3 is 5.32 Å². The van der Waals surface area contributed by atoms with Crippen molar-refractivity contribution in [3.63, 3.8) is 0 Å². The molecule has 4 nitrogen and oxygen atoms in total. The standard InChI is InChI=1S/C7H11N3O/c1-10-5-4-9-7(11)6(10)2-3-8/h6H,2,4-5H2,1H3,(H,9,11). The van der Waals surface area contributed by atoms with E-state index in [-0.39, 0.29) is 18.4 Å². The summed E-state index contributed by atoms with van der Waals surface area (Å²) in [4.78, 5) is 13.0. The van der Waals surface area contributed by atoms with Crippen LogP contribution in [-0.4, -0.2) is 37.0 Å². The van der Waals surface area contributed by atoms with Gasteiger partial charge >= 0.3 is 0 Å². The van der Waals surface area contributed by atoms with Crippen molar-refractivity contribution in [1.82, 2.24) is 10.2 Å². The van der Waals surface area contributed by atoms with E-state index in [1.54, 1.807) is 0 Å². The normalized spacial score (nSPS) is 25.8. The van der Waals surface area contributed by atoms with Gasteiger partial charge in [-0.1, -0.05) is 0 Å². The van der Waals surface area contributed by atoms with Gasteiger partial charge in [-0.05, 0) is 7.05 Å². The summed E-state index contributed by atoms with van der Waals surface area (Å²) in [5.74, 6) is -0.0275. The Hall–Kier alpha value is -1.08. The number of nitrogens with zero attached hydrogens (tertiary/aromatic N) is 2. The van der Waals surface area contributed by atoms with Crippen LogP contribution in [0.1, 0.15) is 6.42 Å². The summed E-state index contributed by atoms with van der Waals surface area (Å²) < 4.78 is 0. The third-order valence-electron chi connectivity index (χ3n) is 1.88. The Labute approximate surface area is 65.8 Å². The predicted molar refractivity (Wildman–Crippen MR) is 39.7 cm³/mol. The summed E-state index contributed by atoms with van der Waals surface area (Å²) in [6.45, 7) is 1.52. The number of amides is 1. The van der Waals surface area contributed by atoms with Crippen LogP contribution in [0, 0.1) is 11.3 Å². The molecule has 1 atom stereocenters. The van der Waals surface area contributed by atoms with E-state index < -0.39 is 0 Å². The van der Waals surface area contributed by atoms with Gasteiger partial charge in [0.1, 0.15) is 6.04 Å². The van der Waals surface area contributed by atoms with Gasteiger partial charge in [0.2, 0.25) is 5.91 Å². The first-order valence-electron chi connectivity index (χ1n) is 3.60. The quantitative estimate of drug-likeness (QED) is 0.543. The smallest absolute Gasteiger partial charge is 0.238 e. The van der Waals surface area contributed by atoms with Crippen LogP contribution in [0.4, 0.5) is 0 Å². The largest absolute Gasteiger partial charge is 0.353 e. The first-order valence-corrected chi connectivity index (χ1v) is 3.60. The van der Waals surface area contributed by atoms with Crippen LogP contribution in [-0.2, 0) is 4.79 Å². The highest BCUT2D eigenvalue weighted by Crippen LogP contribution is 2.04. The number of carbonyl (C=O) groups excluding carboxylic acids is 1. The van der Waals surface area contributed by atoms with Gasteiger partial charge in [0.15, 0.2) is 0 Å². The summed E-state index contributed by atoms with van der Waals surface area (Å²) in [6.07, 6.45) is 0.280. The molecule has 1 N–H and O–H groups in total. The van der Waals surface area contributed by atoms with Crippen LogP contribution in [0.5, 0.6) is 0 Å². The third-order valence-corrected chi connectivity index (χ3v) is 1.88. The Balaban J connectivity index is 2.57. The Morgan fingerprint density at radius 1 is 1.91 bits per heavy atom. The lowest BCUT2D eigenvalue weighted by atomic mass is 10.1. The van der Waals surface area contributed by atoms with Crippen molar-refractivity contribution in [2.24, 2.45) is 0 Å². The average Bonchev–Trinajstić information content (AvgIpc) is 1.97. The molecule has 1 saturated heterocycles. The molecule has 1 unspecified atom stereocenters. The van der Waals surface area contributed by atoms with Crippen molar-refractivity contribution in [2.45, 2.75) is 12.5 Å². The Bertz CT molecular complexity index is 196. The summed E-state index contributed by atoms with van der Waals surface area (Å²) >= 11 is 0. The van der Waals surface area contributed by atoms with E-state index in [1.165, 1.54) is 0 Å². The Kier molecular flexibility index (Phi) is 2.44. The molecule has 4 heteroatoms. The van der Waals surface area contributed by atoms with Gasteiger partial charge in [-0.15, -0.1) is 0 Å². The molecule has 11 heavy (non-hydrogen) atoms. The van der Waals surface area contributed by atoms with Gasteiger partial charge in [0.25, 0.3) is 0 Å². The van der Waals surface area contributed by atoms with Crippen LogP contribution in [0.3, 0.4) is 0 Å². The molecule has 1 amide bonds. The van der Waals surface area contributed by atoms with E-state index >= 15 is 0 Å². The molecule has 0 aromatic heterocycles. The fraction of sp³-hybridized carbons (Fsp3) is 0.714. The molecule has 1 heterocycles. The number of carbonyl (C=O) groups is 1. The Morgan fingerprint density at radius 2 is 2.64 bits per heavy atom. The maximum atomic E-state index is 11.1. The SMILES string of the molecule is CN1CCNC(=O)C1CC#N. The van der Waals surface area contributed by atoms with Gasteiger partial charge in [0.05, 0.1) is 12.5 Å². The number of hydrogen-bond donors (Lipinski definition) is 1. The second-order valence-corrected chi connectivity index (χ2v) is 2.65. The van der Waals surface area contributed by atoms with E-state index in [0.717, 1.165) is 6.54 Å². The number of likely N-dealkylation sites (N-methyl/N-ethyl adjacent to an activating group) is 1. The van der Waals surface area contributed by atoms with Gasteiger partial charge in [-0.2, -0.15) is 5.26 Å². The van der Waals surface area contributed by atoms with E-state index in [4.69, 9.17) is 5.26 Å². The second kappa shape index (κ2) is 3.35. The summed E-state index contributed by atoms with van der Waals surface area (Å²) in [5.41, 5.74) is 0. The lowest BCUT2D eigenvalue weighted by molar-refractivity contribution is -0.128. The minimum Gasteiger partial charge on any atom is -0.353 e. The molecular formula is C7H11N3O. The maximum Gasteiger partial charge on any atom is 0.238 e. The summed E-state index contributed by atoms with van der Waals surface area (Å²) in [7, 11) is 1.86. The molecule has 1 aliphatic rings. The lowest BCUT2D eigenvalue weighted by Crippen LogP contribution is -2.53. The van der Waals surface area contributed by atoms with Crippen molar-refractivity contribution < 1.29 is 4.79 Å². The van der Waals surface area contributed by atoms with Crippen molar-refractivity contribution in [3.05, 3.63) is 0 Å². The van der Waals surface area contributed by atoms with Crippen LogP contribution in [0.2, 0.25) is 0 Å². The number of piperazine rings is 1. The van der Waals surface area contributed by atoms with E-state index in [0.29, 0.717) is 6.54 Å². The van der Waals surface area contributed by atoms with Crippen molar-refractivity contribution in [1.29, 1.82) is 5.26 Å². The van der Waals surface area contributed by atoms with Crippen molar-refractivity contribution >= 4 is 5.91 Å². The number of nitriles is 1. The topological polar surface area (TPSA) is 56.1 Å². The van der Waals surface area contributed by atoms with Crippen LogP contribution in [0.25, 0.3) is 0 Å².